The van der Waals surface area contributed by atoms with Crippen molar-refractivity contribution in [3.63, 3.8) is 0 Å². The van der Waals surface area contributed by atoms with Crippen LogP contribution in [0.5, 0.6) is 0 Å². The fourth-order valence-corrected chi connectivity index (χ4v) is 13.1. The van der Waals surface area contributed by atoms with Crippen molar-refractivity contribution in [2.24, 2.45) is 62.6 Å². The smallest absolute Gasteiger partial charge is 0.460 e. The molecule has 0 saturated heterocycles. The van der Waals surface area contributed by atoms with E-state index < -0.39 is 26.5 Å². The lowest BCUT2D eigenvalue weighted by molar-refractivity contribution is -0.234. The van der Waals surface area contributed by atoms with Crippen LogP contribution in [0.25, 0.3) is 0 Å². The van der Waals surface area contributed by atoms with Crippen LogP contribution in [-0.2, 0) is 30.4 Å². The summed E-state index contributed by atoms with van der Waals surface area (Å²) in [6, 6.07) is 9.90. The monoisotopic (exact) mass is 678 g/mol. The fraction of sp³-hybridized carbons (Fsp3) is 0.763. The van der Waals surface area contributed by atoms with Crippen molar-refractivity contribution in [2.45, 2.75) is 118 Å². The van der Waals surface area contributed by atoms with Crippen molar-refractivity contribution >= 4 is 16.1 Å². The number of fused-ring (bicyclic) bond motifs is 7. The van der Waals surface area contributed by atoms with Gasteiger partial charge in [0.25, 0.3) is 0 Å². The third-order valence-electron chi connectivity index (χ3n) is 14.9. The number of allylic oxidation sites excluding steroid dienone is 2. The van der Waals surface area contributed by atoms with Gasteiger partial charge in [0.15, 0.2) is 0 Å². The summed E-state index contributed by atoms with van der Waals surface area (Å²) in [4.78, 5) is 14.2. The van der Waals surface area contributed by atoms with Gasteiger partial charge in [0.2, 0.25) is 0 Å². The minimum absolute atomic E-state index is 0.0144. The molecule has 1 aromatic rings. The van der Waals surface area contributed by atoms with E-state index in [-0.39, 0.29) is 39.8 Å². The summed E-state index contributed by atoms with van der Waals surface area (Å²) < 4.78 is 75.1. The number of alkyl halides is 3. The summed E-state index contributed by atoms with van der Waals surface area (Å²) in [5, 5.41) is 0. The molecule has 1 unspecified atom stereocenters. The van der Waals surface area contributed by atoms with Crippen LogP contribution in [-0.4, -0.2) is 19.9 Å². The maximum Gasteiger partial charge on any atom is 0.534 e. The van der Waals surface area contributed by atoms with Gasteiger partial charge in [-0.15, -0.1) is 0 Å². The van der Waals surface area contributed by atoms with Crippen LogP contribution in [0.4, 0.5) is 13.2 Å². The van der Waals surface area contributed by atoms with E-state index in [4.69, 9.17) is 8.92 Å². The SMILES string of the molecule is CC(C)[C@@H]1CC[C@]2(C(=O)OCc3ccccc3)CC[C@]3(C)[C@H](CCC4[C@@]5(C)CC=C(OS(=O)(=O)C(F)(F)F)C(C)(C)[C@@H]5CC[C@]43C)[C@@H]12. The van der Waals surface area contributed by atoms with Crippen LogP contribution in [0.15, 0.2) is 42.2 Å². The number of benzene rings is 1. The number of esters is 1. The molecule has 6 rings (SSSR count). The molecule has 5 aliphatic carbocycles. The molecule has 0 aromatic heterocycles. The molecule has 9 heteroatoms. The Labute approximate surface area is 279 Å². The van der Waals surface area contributed by atoms with E-state index in [0.29, 0.717) is 36.7 Å². The van der Waals surface area contributed by atoms with Crippen molar-refractivity contribution in [3.05, 3.63) is 47.7 Å². The van der Waals surface area contributed by atoms with E-state index in [0.717, 1.165) is 56.9 Å². The molecule has 0 aliphatic heterocycles. The Hall–Kier alpha value is -2.03. The summed E-state index contributed by atoms with van der Waals surface area (Å²) in [6.07, 6.45) is 9.51. The molecule has 0 amide bonds. The zero-order valence-electron chi connectivity index (χ0n) is 29.1. The Morgan fingerprint density at radius 3 is 2.21 bits per heavy atom. The highest BCUT2D eigenvalue weighted by molar-refractivity contribution is 7.87. The quantitative estimate of drug-likeness (QED) is 0.170. The van der Waals surface area contributed by atoms with Crippen LogP contribution in [0, 0.1) is 62.6 Å². The molecule has 5 aliphatic rings. The van der Waals surface area contributed by atoms with Gasteiger partial charge >= 0.3 is 21.6 Å². The van der Waals surface area contributed by atoms with Gasteiger partial charge in [-0.3, -0.25) is 4.79 Å². The van der Waals surface area contributed by atoms with E-state index in [1.165, 1.54) is 0 Å². The predicted octanol–water partition coefficient (Wildman–Crippen LogP) is 9.83. The summed E-state index contributed by atoms with van der Waals surface area (Å²) in [5.74, 6) is 1.71. The average molecular weight is 679 g/mol. The van der Waals surface area contributed by atoms with Gasteiger partial charge in [0.1, 0.15) is 12.4 Å². The van der Waals surface area contributed by atoms with Gasteiger partial charge in [-0.2, -0.15) is 21.6 Å². The largest absolute Gasteiger partial charge is 0.534 e. The zero-order valence-corrected chi connectivity index (χ0v) is 29.9. The number of rotatable bonds is 6. The Morgan fingerprint density at radius 1 is 0.894 bits per heavy atom. The van der Waals surface area contributed by atoms with E-state index >= 15 is 0 Å². The second-order valence-corrected chi connectivity index (χ2v) is 18.9. The van der Waals surface area contributed by atoms with Crippen molar-refractivity contribution in [1.29, 1.82) is 0 Å². The lowest BCUT2D eigenvalue weighted by Crippen LogP contribution is -2.66. The minimum atomic E-state index is -5.75. The lowest BCUT2D eigenvalue weighted by Gasteiger charge is -2.72. The lowest BCUT2D eigenvalue weighted by atomic mass is 9.32. The normalized spacial score (nSPS) is 41.2. The second kappa shape index (κ2) is 11.2. The van der Waals surface area contributed by atoms with Gasteiger partial charge in [-0.25, -0.2) is 0 Å². The Bertz CT molecular complexity index is 1520. The van der Waals surface area contributed by atoms with Crippen LogP contribution < -0.4 is 0 Å². The Morgan fingerprint density at radius 2 is 1.57 bits per heavy atom. The maximum atomic E-state index is 14.2. The molecular formula is C38H53F3O5S. The molecule has 5 nitrogen and oxygen atoms in total. The van der Waals surface area contributed by atoms with Gasteiger partial charge in [0.05, 0.1) is 5.41 Å². The van der Waals surface area contributed by atoms with Gasteiger partial charge < -0.3 is 8.92 Å². The number of carbonyl (C=O) groups is 1. The molecule has 1 aromatic carbocycles. The highest BCUT2D eigenvalue weighted by Crippen LogP contribution is 2.77. The van der Waals surface area contributed by atoms with E-state index in [9.17, 15) is 26.4 Å². The molecule has 9 atom stereocenters. The molecular weight excluding hydrogens is 625 g/mol. The highest BCUT2D eigenvalue weighted by Gasteiger charge is 2.72. The molecule has 0 bridgehead atoms. The molecule has 4 saturated carbocycles. The van der Waals surface area contributed by atoms with E-state index in [1.54, 1.807) is 6.08 Å². The number of halogens is 3. The Balaban J connectivity index is 1.32. The first kappa shape index (κ1) is 34.8. The molecule has 4 fully saturated rings. The van der Waals surface area contributed by atoms with Gasteiger partial charge in [-0.1, -0.05) is 78.8 Å². The molecule has 0 spiro atoms. The number of ether oxygens (including phenoxy) is 1. The first-order chi connectivity index (χ1) is 21.7. The topological polar surface area (TPSA) is 69.7 Å². The van der Waals surface area contributed by atoms with E-state index in [1.807, 2.05) is 44.2 Å². The van der Waals surface area contributed by atoms with Crippen molar-refractivity contribution in [1.82, 2.24) is 0 Å². The molecule has 0 N–H and O–H groups in total. The second-order valence-electron chi connectivity index (χ2n) is 17.3. The zero-order chi connectivity index (χ0) is 34.4. The van der Waals surface area contributed by atoms with Crippen LogP contribution in [0.2, 0.25) is 0 Å². The fourth-order valence-electron chi connectivity index (χ4n) is 12.5. The summed E-state index contributed by atoms with van der Waals surface area (Å²) >= 11 is 0. The standard InChI is InChI=1S/C38H53F3O5S/c1-24(2)26-15-20-37(32(42)45-23-25-11-9-8-10-12-25)22-21-35(6)27(31(26)37)13-14-29-34(5)18-17-30(46-47(43,44)38(39,40)41)33(3,4)28(34)16-19-36(29,35)7/h8-12,17,24,26-29,31H,13-16,18-23H2,1-7H3/t26-,27+,28-,29?,31+,34-,35+,36+,37-/m0/s1. The van der Waals surface area contributed by atoms with Crippen LogP contribution in [0.1, 0.15) is 112 Å². The number of hydrogen-bond acceptors (Lipinski definition) is 5. The van der Waals surface area contributed by atoms with Crippen LogP contribution >= 0.6 is 0 Å². The molecule has 0 heterocycles. The molecule has 47 heavy (non-hydrogen) atoms. The average Bonchev–Trinajstić information content (AvgIpc) is 3.39. The first-order valence-electron chi connectivity index (χ1n) is 17.7. The third-order valence-corrected chi connectivity index (χ3v) is 15.9. The Kier molecular flexibility index (Phi) is 8.33. The van der Waals surface area contributed by atoms with Gasteiger partial charge in [-0.05, 0) is 121 Å². The van der Waals surface area contributed by atoms with Crippen molar-refractivity contribution in [3.8, 4) is 0 Å². The third kappa shape index (κ3) is 5.04. The summed E-state index contributed by atoms with van der Waals surface area (Å²) in [5.41, 5.74) is -6.09. The van der Waals surface area contributed by atoms with Crippen LogP contribution in [0.3, 0.4) is 0 Å². The van der Waals surface area contributed by atoms with Crippen molar-refractivity contribution in [2.75, 3.05) is 0 Å². The highest BCUT2D eigenvalue weighted by atomic mass is 32.2. The predicted molar refractivity (Wildman–Crippen MR) is 175 cm³/mol. The summed E-state index contributed by atoms with van der Waals surface area (Å²) in [7, 11) is -5.75. The van der Waals surface area contributed by atoms with E-state index in [2.05, 4.69) is 34.6 Å². The molecule has 0 radical (unpaired) electrons. The molecule has 262 valence electrons. The van der Waals surface area contributed by atoms with Gasteiger partial charge in [0, 0.05) is 5.41 Å². The summed E-state index contributed by atoms with van der Waals surface area (Å²) in [6.45, 7) is 15.8. The van der Waals surface area contributed by atoms with Crippen molar-refractivity contribution < 1.29 is 35.3 Å². The minimum Gasteiger partial charge on any atom is -0.460 e. The first-order valence-corrected chi connectivity index (χ1v) is 19.1. The maximum absolute atomic E-state index is 14.2. The number of hydrogen-bond donors (Lipinski definition) is 0. The number of carbonyl (C=O) groups excluding carboxylic acids is 1.